The summed E-state index contributed by atoms with van der Waals surface area (Å²) in [6, 6.07) is 17.3. The second-order valence-electron chi connectivity index (χ2n) is 5.07. The zero-order valence-electron chi connectivity index (χ0n) is 13.1. The zero-order valence-corrected chi connectivity index (χ0v) is 13.1. The van der Waals surface area contributed by atoms with Crippen LogP contribution in [0.5, 0.6) is 5.75 Å². The van der Waals surface area contributed by atoms with Crippen molar-refractivity contribution in [1.82, 2.24) is 15.0 Å². The lowest BCUT2D eigenvalue weighted by atomic mass is 10.2. The van der Waals surface area contributed by atoms with Gasteiger partial charge < -0.3 is 15.2 Å². The van der Waals surface area contributed by atoms with E-state index in [1.807, 2.05) is 54.6 Å². The Morgan fingerprint density at radius 2 is 1.75 bits per heavy atom. The molecule has 2 aromatic carbocycles. The summed E-state index contributed by atoms with van der Waals surface area (Å²) in [5.74, 6) is 1.87. The third-order valence-electron chi connectivity index (χ3n) is 3.29. The van der Waals surface area contributed by atoms with Crippen LogP contribution in [0.25, 0.3) is 11.4 Å². The van der Waals surface area contributed by atoms with Gasteiger partial charge >= 0.3 is 0 Å². The van der Waals surface area contributed by atoms with Crippen LogP contribution in [0, 0.1) is 0 Å². The van der Waals surface area contributed by atoms with Gasteiger partial charge in [-0.25, -0.2) is 9.97 Å². The molecule has 0 unspecified atom stereocenters. The van der Waals surface area contributed by atoms with Gasteiger partial charge in [0, 0.05) is 24.3 Å². The number of benzene rings is 2. The minimum Gasteiger partial charge on any atom is -0.494 e. The lowest BCUT2D eigenvalue weighted by molar-refractivity contribution is 0.233. The smallest absolute Gasteiger partial charge is 0.230 e. The van der Waals surface area contributed by atoms with E-state index in [1.165, 1.54) is 6.33 Å². The van der Waals surface area contributed by atoms with E-state index in [4.69, 9.17) is 9.84 Å². The van der Waals surface area contributed by atoms with Gasteiger partial charge in [-0.2, -0.15) is 4.98 Å². The second-order valence-corrected chi connectivity index (χ2v) is 5.07. The van der Waals surface area contributed by atoms with Crippen molar-refractivity contribution in [2.24, 2.45) is 0 Å². The number of rotatable bonds is 7. The van der Waals surface area contributed by atoms with Crippen molar-refractivity contribution in [2.75, 3.05) is 18.5 Å². The van der Waals surface area contributed by atoms with Crippen LogP contribution in [0.2, 0.25) is 0 Å². The molecule has 24 heavy (non-hydrogen) atoms. The van der Waals surface area contributed by atoms with Crippen molar-refractivity contribution in [3.63, 3.8) is 0 Å². The number of hydrogen-bond acceptors (Lipinski definition) is 6. The number of aliphatic hydroxyl groups excluding tert-OH is 1. The van der Waals surface area contributed by atoms with Crippen molar-refractivity contribution in [2.45, 2.75) is 6.42 Å². The van der Waals surface area contributed by atoms with Crippen molar-refractivity contribution < 1.29 is 9.84 Å². The summed E-state index contributed by atoms with van der Waals surface area (Å²) in [6.07, 6.45) is 2.11. The molecule has 0 bridgehead atoms. The molecule has 0 saturated carbocycles. The van der Waals surface area contributed by atoms with E-state index in [1.54, 1.807) is 0 Å². The third kappa shape index (κ3) is 4.27. The maximum Gasteiger partial charge on any atom is 0.230 e. The maximum atomic E-state index is 8.75. The average Bonchev–Trinajstić information content (AvgIpc) is 2.64. The summed E-state index contributed by atoms with van der Waals surface area (Å²) < 4.78 is 5.50. The Balaban J connectivity index is 1.68. The fraction of sp³-hybridized carbons (Fsp3) is 0.167. The Labute approximate surface area is 140 Å². The van der Waals surface area contributed by atoms with Gasteiger partial charge in [-0.3, -0.25) is 0 Å². The highest BCUT2D eigenvalue weighted by molar-refractivity contribution is 5.59. The van der Waals surface area contributed by atoms with Gasteiger partial charge in [0.1, 0.15) is 12.1 Å². The number of nitrogens with one attached hydrogen (secondary N) is 1. The number of ether oxygens (including phenoxy) is 1. The van der Waals surface area contributed by atoms with Crippen LogP contribution >= 0.6 is 0 Å². The second kappa shape index (κ2) is 8.03. The van der Waals surface area contributed by atoms with Crippen LogP contribution in [0.4, 0.5) is 11.6 Å². The summed E-state index contributed by atoms with van der Waals surface area (Å²) in [7, 11) is 0. The Kier molecular flexibility index (Phi) is 5.32. The first-order valence-electron chi connectivity index (χ1n) is 7.70. The van der Waals surface area contributed by atoms with Crippen LogP contribution < -0.4 is 10.1 Å². The fourth-order valence-corrected chi connectivity index (χ4v) is 2.10. The fourth-order valence-electron chi connectivity index (χ4n) is 2.10. The molecule has 0 spiro atoms. The summed E-state index contributed by atoms with van der Waals surface area (Å²) in [5.41, 5.74) is 1.80. The molecule has 3 rings (SSSR count). The van der Waals surface area contributed by atoms with E-state index in [2.05, 4.69) is 20.3 Å². The molecule has 122 valence electrons. The number of anilines is 2. The lowest BCUT2D eigenvalue weighted by Gasteiger charge is -2.08. The van der Waals surface area contributed by atoms with Gasteiger partial charge in [0.15, 0.2) is 5.82 Å². The predicted octanol–water partition coefficient (Wildman–Crippen LogP) is 3.04. The molecule has 0 atom stereocenters. The zero-order chi connectivity index (χ0) is 16.6. The van der Waals surface area contributed by atoms with Crippen LogP contribution in [0.15, 0.2) is 60.9 Å². The molecule has 0 amide bonds. The first-order chi connectivity index (χ1) is 11.8. The molecular formula is C18H18N4O2. The molecular weight excluding hydrogens is 304 g/mol. The molecule has 0 fully saturated rings. The molecule has 6 heteroatoms. The normalized spacial score (nSPS) is 10.4. The molecule has 0 radical (unpaired) electrons. The molecule has 0 aliphatic heterocycles. The Hall–Kier alpha value is -2.99. The molecule has 1 aromatic heterocycles. The Bertz CT molecular complexity index is 763. The summed E-state index contributed by atoms with van der Waals surface area (Å²) in [4.78, 5) is 12.8. The van der Waals surface area contributed by atoms with E-state index >= 15 is 0 Å². The third-order valence-corrected chi connectivity index (χ3v) is 3.29. The van der Waals surface area contributed by atoms with Gasteiger partial charge in [-0.15, -0.1) is 0 Å². The van der Waals surface area contributed by atoms with Gasteiger partial charge in [-0.05, 0) is 24.3 Å². The van der Waals surface area contributed by atoms with E-state index in [0.29, 0.717) is 24.8 Å². The lowest BCUT2D eigenvalue weighted by Crippen LogP contribution is -2.01. The minimum atomic E-state index is 0.128. The van der Waals surface area contributed by atoms with Gasteiger partial charge in [0.25, 0.3) is 0 Å². The molecule has 3 aromatic rings. The SMILES string of the molecule is OCCCOc1ccc(Nc2ncnc(-c3ccccc3)n2)cc1. The molecule has 2 N–H and O–H groups in total. The standard InChI is InChI=1S/C18H18N4O2/c23-11-4-12-24-16-9-7-15(8-10-16)21-18-20-13-19-17(22-18)14-5-2-1-3-6-14/h1-3,5-10,13,23H,4,11-12H2,(H,19,20,21,22). The molecule has 0 aliphatic rings. The minimum absolute atomic E-state index is 0.128. The van der Waals surface area contributed by atoms with Crippen LogP contribution in [-0.4, -0.2) is 33.3 Å². The van der Waals surface area contributed by atoms with Gasteiger partial charge in [0.05, 0.1) is 6.61 Å². The maximum absolute atomic E-state index is 8.75. The molecule has 0 aliphatic carbocycles. The van der Waals surface area contributed by atoms with Crippen molar-refractivity contribution in [3.05, 3.63) is 60.9 Å². The summed E-state index contributed by atoms with van der Waals surface area (Å²) in [6.45, 7) is 0.625. The Morgan fingerprint density at radius 3 is 2.50 bits per heavy atom. The summed E-state index contributed by atoms with van der Waals surface area (Å²) >= 11 is 0. The van der Waals surface area contributed by atoms with Crippen molar-refractivity contribution >= 4 is 11.6 Å². The number of hydrogen-bond donors (Lipinski definition) is 2. The first kappa shape index (κ1) is 15.9. The number of aliphatic hydroxyl groups is 1. The van der Waals surface area contributed by atoms with Crippen molar-refractivity contribution in [1.29, 1.82) is 0 Å². The first-order valence-corrected chi connectivity index (χ1v) is 7.70. The van der Waals surface area contributed by atoms with Crippen molar-refractivity contribution in [3.8, 4) is 17.1 Å². The molecule has 0 saturated heterocycles. The quantitative estimate of drug-likeness (QED) is 0.651. The molecule has 6 nitrogen and oxygen atoms in total. The average molecular weight is 322 g/mol. The molecule has 1 heterocycles. The number of nitrogens with zero attached hydrogens (tertiary/aromatic N) is 3. The van der Waals surface area contributed by atoms with E-state index in [-0.39, 0.29) is 6.61 Å². The van der Waals surface area contributed by atoms with Crippen LogP contribution in [0.3, 0.4) is 0 Å². The largest absolute Gasteiger partial charge is 0.494 e. The predicted molar refractivity (Wildman–Crippen MR) is 92.2 cm³/mol. The summed E-state index contributed by atoms with van der Waals surface area (Å²) in [5, 5.41) is 11.9. The monoisotopic (exact) mass is 322 g/mol. The highest BCUT2D eigenvalue weighted by Gasteiger charge is 2.04. The highest BCUT2D eigenvalue weighted by atomic mass is 16.5. The van der Waals surface area contributed by atoms with Gasteiger partial charge in [-0.1, -0.05) is 30.3 Å². The van der Waals surface area contributed by atoms with E-state index in [9.17, 15) is 0 Å². The number of aromatic nitrogens is 3. The van der Waals surface area contributed by atoms with Crippen LogP contribution in [-0.2, 0) is 0 Å². The van der Waals surface area contributed by atoms with Gasteiger partial charge in [0.2, 0.25) is 5.95 Å². The topological polar surface area (TPSA) is 80.2 Å². The van der Waals surface area contributed by atoms with Crippen LogP contribution in [0.1, 0.15) is 6.42 Å². The Morgan fingerprint density at radius 1 is 0.958 bits per heavy atom. The van der Waals surface area contributed by atoms with E-state index in [0.717, 1.165) is 17.0 Å². The highest BCUT2D eigenvalue weighted by Crippen LogP contribution is 2.20. The van der Waals surface area contributed by atoms with E-state index < -0.39 is 0 Å².